The van der Waals surface area contributed by atoms with Gasteiger partial charge in [-0.05, 0) is 35.4 Å². The Kier molecular flexibility index (Phi) is 4.09. The van der Waals surface area contributed by atoms with Crippen molar-refractivity contribution >= 4 is 0 Å². The molecule has 0 saturated carbocycles. The molecule has 0 saturated heterocycles. The molecule has 0 heterocycles. The lowest BCUT2D eigenvalue weighted by Gasteiger charge is -2.41. The molecule has 2 aromatic rings. The summed E-state index contributed by atoms with van der Waals surface area (Å²) in [5.41, 5.74) is 10.3. The largest absolute Gasteiger partial charge is 0.328 e. The zero-order valence-corrected chi connectivity index (χ0v) is 12.7. The zero-order chi connectivity index (χ0) is 14.7. The molecule has 0 amide bonds. The first-order chi connectivity index (χ1) is 10.2. The summed E-state index contributed by atoms with van der Waals surface area (Å²) >= 11 is 0. The lowest BCUT2D eigenvalue weighted by molar-refractivity contribution is 0.278. The summed E-state index contributed by atoms with van der Waals surface area (Å²) in [6.07, 6.45) is 2.30. The number of nitrogens with two attached hydrogens (primary N) is 1. The number of fused-ring (bicyclic) bond motifs is 1. The lowest BCUT2D eigenvalue weighted by Crippen LogP contribution is -2.50. The lowest BCUT2D eigenvalue weighted by atomic mass is 9.72. The molecule has 21 heavy (non-hydrogen) atoms. The van der Waals surface area contributed by atoms with Crippen LogP contribution in [0.2, 0.25) is 0 Å². The van der Waals surface area contributed by atoms with Crippen molar-refractivity contribution in [1.29, 1.82) is 0 Å². The molecule has 0 aliphatic heterocycles. The van der Waals surface area contributed by atoms with Crippen molar-refractivity contribution in [1.82, 2.24) is 5.32 Å². The van der Waals surface area contributed by atoms with Crippen LogP contribution in [0.3, 0.4) is 0 Å². The average molecular weight is 280 g/mol. The highest BCUT2D eigenvalue weighted by Crippen LogP contribution is 2.40. The summed E-state index contributed by atoms with van der Waals surface area (Å²) in [5.74, 6) is 0.624. The Hall–Kier alpha value is -1.64. The minimum Gasteiger partial charge on any atom is -0.328 e. The van der Waals surface area contributed by atoms with E-state index >= 15 is 0 Å². The maximum absolute atomic E-state index is 6.20. The molecule has 2 atom stereocenters. The third kappa shape index (κ3) is 2.74. The molecule has 0 fully saturated rings. The van der Waals surface area contributed by atoms with Crippen molar-refractivity contribution in [3.8, 4) is 0 Å². The van der Waals surface area contributed by atoms with Gasteiger partial charge in [-0.3, -0.25) is 0 Å². The van der Waals surface area contributed by atoms with Crippen molar-refractivity contribution in [3.63, 3.8) is 0 Å². The van der Waals surface area contributed by atoms with Gasteiger partial charge in [0, 0.05) is 13.1 Å². The van der Waals surface area contributed by atoms with E-state index in [0.29, 0.717) is 12.5 Å². The van der Waals surface area contributed by atoms with E-state index in [1.165, 1.54) is 23.1 Å². The van der Waals surface area contributed by atoms with Crippen LogP contribution >= 0.6 is 0 Å². The van der Waals surface area contributed by atoms with Crippen LogP contribution in [0.15, 0.2) is 54.6 Å². The molecule has 0 aromatic heterocycles. The summed E-state index contributed by atoms with van der Waals surface area (Å²) in [4.78, 5) is 0. The predicted molar refractivity (Wildman–Crippen MR) is 88.1 cm³/mol. The van der Waals surface area contributed by atoms with Crippen LogP contribution in [0.5, 0.6) is 0 Å². The second-order valence-corrected chi connectivity index (χ2v) is 6.15. The summed E-state index contributed by atoms with van der Waals surface area (Å²) in [6.45, 7) is 3.82. The van der Waals surface area contributed by atoms with E-state index in [4.69, 9.17) is 5.73 Å². The van der Waals surface area contributed by atoms with Crippen molar-refractivity contribution < 1.29 is 0 Å². The standard InChI is InChI=1S/C19H24N2/c1-15-11-12-19(14-20,18-10-6-5-9-17(15)18)21-13-16-7-3-2-4-8-16/h2-10,15,21H,11-14,20H2,1H3. The Balaban J connectivity index is 1.89. The molecular weight excluding hydrogens is 256 g/mol. The molecule has 2 heteroatoms. The third-order valence-electron chi connectivity index (χ3n) is 4.83. The molecule has 1 aliphatic rings. The van der Waals surface area contributed by atoms with Crippen LogP contribution in [-0.2, 0) is 12.1 Å². The topological polar surface area (TPSA) is 38.0 Å². The van der Waals surface area contributed by atoms with Crippen molar-refractivity contribution in [2.45, 2.75) is 37.8 Å². The van der Waals surface area contributed by atoms with Crippen LogP contribution in [-0.4, -0.2) is 6.54 Å². The van der Waals surface area contributed by atoms with Crippen LogP contribution in [0.1, 0.15) is 42.4 Å². The van der Waals surface area contributed by atoms with Crippen LogP contribution in [0.4, 0.5) is 0 Å². The number of hydrogen-bond donors (Lipinski definition) is 2. The second-order valence-electron chi connectivity index (χ2n) is 6.15. The van der Waals surface area contributed by atoms with E-state index in [1.54, 1.807) is 0 Å². The molecule has 2 nitrogen and oxygen atoms in total. The molecule has 1 aliphatic carbocycles. The van der Waals surface area contributed by atoms with Gasteiger partial charge in [-0.25, -0.2) is 0 Å². The number of hydrogen-bond acceptors (Lipinski definition) is 2. The maximum atomic E-state index is 6.20. The van der Waals surface area contributed by atoms with Gasteiger partial charge >= 0.3 is 0 Å². The highest BCUT2D eigenvalue weighted by molar-refractivity contribution is 5.39. The predicted octanol–water partition coefficient (Wildman–Crippen LogP) is 3.53. The Morgan fingerprint density at radius 3 is 2.57 bits per heavy atom. The first kappa shape index (κ1) is 14.3. The zero-order valence-electron chi connectivity index (χ0n) is 12.7. The summed E-state index contributed by atoms with van der Waals surface area (Å²) in [6, 6.07) is 19.3. The van der Waals surface area contributed by atoms with Gasteiger partial charge in [0.1, 0.15) is 0 Å². The second kappa shape index (κ2) is 6.00. The number of nitrogens with one attached hydrogen (secondary N) is 1. The van der Waals surface area contributed by atoms with Gasteiger partial charge in [0.05, 0.1) is 5.54 Å². The van der Waals surface area contributed by atoms with Gasteiger partial charge in [-0.15, -0.1) is 0 Å². The molecule has 0 bridgehead atoms. The van der Waals surface area contributed by atoms with E-state index in [0.717, 1.165) is 13.0 Å². The average Bonchev–Trinajstić information content (AvgIpc) is 2.56. The Morgan fingerprint density at radius 1 is 1.10 bits per heavy atom. The molecule has 0 spiro atoms. The number of rotatable bonds is 4. The Bertz CT molecular complexity index is 594. The SMILES string of the molecule is CC1CCC(CN)(NCc2ccccc2)c2ccccc21. The quantitative estimate of drug-likeness (QED) is 0.899. The molecule has 3 rings (SSSR count). The van der Waals surface area contributed by atoms with Gasteiger partial charge in [-0.1, -0.05) is 61.5 Å². The fourth-order valence-corrected chi connectivity index (χ4v) is 3.45. The molecular formula is C19H24N2. The van der Waals surface area contributed by atoms with Gasteiger partial charge in [0.15, 0.2) is 0 Å². The highest BCUT2D eigenvalue weighted by atomic mass is 15.0. The van der Waals surface area contributed by atoms with Gasteiger partial charge in [0.25, 0.3) is 0 Å². The first-order valence-electron chi connectivity index (χ1n) is 7.83. The van der Waals surface area contributed by atoms with Crippen molar-refractivity contribution in [2.24, 2.45) is 5.73 Å². The van der Waals surface area contributed by atoms with Crippen LogP contribution in [0, 0.1) is 0 Å². The summed E-state index contributed by atoms with van der Waals surface area (Å²) in [7, 11) is 0. The summed E-state index contributed by atoms with van der Waals surface area (Å²) < 4.78 is 0. The number of benzene rings is 2. The Morgan fingerprint density at radius 2 is 1.81 bits per heavy atom. The van der Waals surface area contributed by atoms with E-state index < -0.39 is 0 Å². The third-order valence-corrected chi connectivity index (χ3v) is 4.83. The van der Waals surface area contributed by atoms with E-state index in [-0.39, 0.29) is 5.54 Å². The smallest absolute Gasteiger partial charge is 0.0564 e. The molecule has 0 radical (unpaired) electrons. The molecule has 2 unspecified atom stereocenters. The van der Waals surface area contributed by atoms with Crippen LogP contribution < -0.4 is 11.1 Å². The molecule has 2 aromatic carbocycles. The normalized spacial score (nSPS) is 24.6. The van der Waals surface area contributed by atoms with Crippen LogP contribution in [0.25, 0.3) is 0 Å². The van der Waals surface area contributed by atoms with Gasteiger partial charge in [-0.2, -0.15) is 0 Å². The highest BCUT2D eigenvalue weighted by Gasteiger charge is 2.36. The van der Waals surface area contributed by atoms with E-state index in [1.807, 2.05) is 0 Å². The van der Waals surface area contributed by atoms with Crippen molar-refractivity contribution in [2.75, 3.05) is 6.54 Å². The van der Waals surface area contributed by atoms with E-state index in [9.17, 15) is 0 Å². The van der Waals surface area contributed by atoms with Crippen molar-refractivity contribution in [3.05, 3.63) is 71.3 Å². The first-order valence-corrected chi connectivity index (χ1v) is 7.83. The molecule has 3 N–H and O–H groups in total. The fraction of sp³-hybridized carbons (Fsp3) is 0.368. The van der Waals surface area contributed by atoms with Gasteiger partial charge < -0.3 is 11.1 Å². The maximum Gasteiger partial charge on any atom is 0.0564 e. The minimum atomic E-state index is -0.0844. The minimum absolute atomic E-state index is 0.0844. The summed E-state index contributed by atoms with van der Waals surface area (Å²) in [5, 5.41) is 3.75. The van der Waals surface area contributed by atoms with E-state index in [2.05, 4.69) is 66.8 Å². The van der Waals surface area contributed by atoms with Gasteiger partial charge in [0.2, 0.25) is 0 Å². The fourth-order valence-electron chi connectivity index (χ4n) is 3.45. The monoisotopic (exact) mass is 280 g/mol. The molecule has 110 valence electrons. The Labute approximate surface area is 127 Å².